The lowest BCUT2D eigenvalue weighted by atomic mass is 9.90. The molecule has 1 rings (SSSR count). The van der Waals surface area contributed by atoms with Gasteiger partial charge in [0.05, 0.1) is 0 Å². The standard InChI is InChI=1S/C7H14O.CH3NO.CH4O/c8-6-7-4-2-1-3-5-7;2-1-3;1-2/h7-8H,1-6H2;1H,(H2,2,3);2H,1H3. The molecule has 80 valence electrons. The molecule has 1 saturated carbocycles. The molecule has 0 aromatic heterocycles. The smallest absolute Gasteiger partial charge is 0.204 e. The van der Waals surface area contributed by atoms with Crippen molar-refractivity contribution in [3.63, 3.8) is 0 Å². The third-order valence-corrected chi connectivity index (χ3v) is 1.98. The quantitative estimate of drug-likeness (QED) is 0.520. The summed E-state index contributed by atoms with van der Waals surface area (Å²) in [5.74, 6) is 0.642. The Balaban J connectivity index is 0. The van der Waals surface area contributed by atoms with Crippen LogP contribution in [0, 0.1) is 5.92 Å². The number of carbonyl (C=O) groups excluding carboxylic acids is 1. The first-order chi connectivity index (χ1) is 6.35. The third-order valence-electron chi connectivity index (χ3n) is 1.98. The van der Waals surface area contributed by atoms with Gasteiger partial charge in [-0.2, -0.15) is 0 Å². The Morgan fingerprint density at radius 1 is 1.31 bits per heavy atom. The van der Waals surface area contributed by atoms with Crippen LogP contribution in [0.4, 0.5) is 0 Å². The summed E-state index contributed by atoms with van der Waals surface area (Å²) >= 11 is 0. The van der Waals surface area contributed by atoms with E-state index in [1.54, 1.807) is 0 Å². The summed E-state index contributed by atoms with van der Waals surface area (Å²) in [5.41, 5.74) is 4.17. The summed E-state index contributed by atoms with van der Waals surface area (Å²) in [6, 6.07) is 0. The van der Waals surface area contributed by atoms with E-state index in [9.17, 15) is 0 Å². The van der Waals surface area contributed by atoms with E-state index in [0.29, 0.717) is 12.5 Å². The maximum atomic E-state index is 8.69. The van der Waals surface area contributed by atoms with E-state index in [1.807, 2.05) is 0 Å². The highest BCUT2D eigenvalue weighted by Gasteiger charge is 2.10. The molecular weight excluding hydrogens is 170 g/mol. The lowest BCUT2D eigenvalue weighted by Gasteiger charge is -2.18. The molecule has 0 saturated heterocycles. The van der Waals surface area contributed by atoms with Gasteiger partial charge in [-0.1, -0.05) is 19.3 Å². The van der Waals surface area contributed by atoms with Crippen LogP contribution in [0.5, 0.6) is 0 Å². The van der Waals surface area contributed by atoms with Gasteiger partial charge in [-0.3, -0.25) is 4.79 Å². The first kappa shape index (κ1) is 14.9. The van der Waals surface area contributed by atoms with E-state index in [0.717, 1.165) is 7.11 Å². The minimum Gasteiger partial charge on any atom is -0.400 e. The van der Waals surface area contributed by atoms with Crippen molar-refractivity contribution in [1.29, 1.82) is 0 Å². The molecule has 4 heteroatoms. The van der Waals surface area contributed by atoms with E-state index in [1.165, 1.54) is 32.1 Å². The van der Waals surface area contributed by atoms with Crippen molar-refractivity contribution in [3.05, 3.63) is 0 Å². The molecule has 1 aliphatic carbocycles. The molecule has 0 atom stereocenters. The van der Waals surface area contributed by atoms with Gasteiger partial charge in [0.1, 0.15) is 0 Å². The Labute approximate surface area is 79.8 Å². The summed E-state index contributed by atoms with van der Waals surface area (Å²) in [6.45, 7) is 0.417. The second-order valence-electron chi connectivity index (χ2n) is 2.82. The fourth-order valence-corrected chi connectivity index (χ4v) is 1.37. The zero-order valence-corrected chi connectivity index (χ0v) is 8.28. The van der Waals surface area contributed by atoms with Crippen LogP contribution < -0.4 is 5.73 Å². The average molecular weight is 191 g/mol. The monoisotopic (exact) mass is 191 g/mol. The molecule has 0 heterocycles. The van der Waals surface area contributed by atoms with Crippen LogP contribution in [0.2, 0.25) is 0 Å². The van der Waals surface area contributed by atoms with E-state index in [4.69, 9.17) is 15.0 Å². The van der Waals surface area contributed by atoms with Gasteiger partial charge in [-0.05, 0) is 18.8 Å². The number of nitrogens with two attached hydrogens (primary N) is 1. The maximum absolute atomic E-state index is 8.69. The zero-order valence-electron chi connectivity index (χ0n) is 8.28. The fourth-order valence-electron chi connectivity index (χ4n) is 1.37. The number of rotatable bonds is 1. The Kier molecular flexibility index (Phi) is 16.0. The lowest BCUT2D eigenvalue weighted by molar-refractivity contribution is -0.106. The second-order valence-corrected chi connectivity index (χ2v) is 2.82. The molecule has 4 N–H and O–H groups in total. The van der Waals surface area contributed by atoms with Crippen molar-refractivity contribution < 1.29 is 15.0 Å². The van der Waals surface area contributed by atoms with Crippen LogP contribution in [0.25, 0.3) is 0 Å². The van der Waals surface area contributed by atoms with E-state index in [-0.39, 0.29) is 6.41 Å². The molecule has 1 aliphatic rings. The summed E-state index contributed by atoms with van der Waals surface area (Å²) < 4.78 is 0. The normalized spacial score (nSPS) is 15.9. The molecule has 0 aromatic rings. The van der Waals surface area contributed by atoms with Crippen LogP contribution in [-0.4, -0.2) is 30.3 Å². The maximum Gasteiger partial charge on any atom is 0.204 e. The minimum absolute atomic E-state index is 0.250. The lowest BCUT2D eigenvalue weighted by Crippen LogP contribution is -2.09. The van der Waals surface area contributed by atoms with Crippen molar-refractivity contribution in [2.45, 2.75) is 32.1 Å². The molecule has 0 spiro atoms. The summed E-state index contributed by atoms with van der Waals surface area (Å²) in [5, 5.41) is 15.7. The molecule has 0 aliphatic heterocycles. The second kappa shape index (κ2) is 13.9. The topological polar surface area (TPSA) is 83.5 Å². The summed E-state index contributed by atoms with van der Waals surface area (Å²) in [6.07, 6.45) is 6.83. The molecule has 0 unspecified atom stereocenters. The number of amides is 1. The van der Waals surface area contributed by atoms with Crippen molar-refractivity contribution in [3.8, 4) is 0 Å². The van der Waals surface area contributed by atoms with Gasteiger partial charge in [0.2, 0.25) is 6.41 Å². The van der Waals surface area contributed by atoms with Crippen LogP contribution in [0.15, 0.2) is 0 Å². The number of carbonyl (C=O) groups is 1. The molecule has 4 nitrogen and oxygen atoms in total. The number of aliphatic hydroxyl groups excluding tert-OH is 2. The molecule has 13 heavy (non-hydrogen) atoms. The SMILES string of the molecule is CO.NC=O.OCC1CCCCC1. The average Bonchev–Trinajstić information content (AvgIpc) is 2.23. The predicted octanol–water partition coefficient (Wildman–Crippen LogP) is 0.269. The van der Waals surface area contributed by atoms with Gasteiger partial charge in [0.25, 0.3) is 0 Å². The Bertz CT molecular complexity index is 92.9. The first-order valence-electron chi connectivity index (χ1n) is 4.56. The van der Waals surface area contributed by atoms with Gasteiger partial charge in [0, 0.05) is 13.7 Å². The van der Waals surface area contributed by atoms with Crippen molar-refractivity contribution in [1.82, 2.24) is 0 Å². The molecule has 1 fully saturated rings. The zero-order chi connectivity index (χ0) is 10.5. The van der Waals surface area contributed by atoms with E-state index >= 15 is 0 Å². The van der Waals surface area contributed by atoms with Gasteiger partial charge < -0.3 is 15.9 Å². The molecular formula is C9H21NO3. The molecule has 0 aromatic carbocycles. The van der Waals surface area contributed by atoms with Gasteiger partial charge in [-0.25, -0.2) is 0 Å². The van der Waals surface area contributed by atoms with Crippen LogP contribution in [-0.2, 0) is 4.79 Å². The molecule has 0 bridgehead atoms. The molecule has 1 amide bonds. The van der Waals surface area contributed by atoms with Crippen LogP contribution >= 0.6 is 0 Å². The number of primary amides is 1. The number of hydrogen-bond donors (Lipinski definition) is 3. The summed E-state index contributed by atoms with van der Waals surface area (Å²) in [7, 11) is 1.00. The Morgan fingerprint density at radius 3 is 1.92 bits per heavy atom. The predicted molar refractivity (Wildman–Crippen MR) is 52.1 cm³/mol. The highest BCUT2D eigenvalue weighted by atomic mass is 16.3. The van der Waals surface area contributed by atoms with Gasteiger partial charge in [-0.15, -0.1) is 0 Å². The van der Waals surface area contributed by atoms with E-state index in [2.05, 4.69) is 5.73 Å². The van der Waals surface area contributed by atoms with Crippen molar-refractivity contribution in [2.75, 3.05) is 13.7 Å². The van der Waals surface area contributed by atoms with Crippen molar-refractivity contribution >= 4 is 6.41 Å². The summed E-state index contributed by atoms with van der Waals surface area (Å²) in [4.78, 5) is 8.58. The highest BCUT2D eigenvalue weighted by Crippen LogP contribution is 2.22. The first-order valence-corrected chi connectivity index (χ1v) is 4.56. The van der Waals surface area contributed by atoms with Crippen molar-refractivity contribution in [2.24, 2.45) is 11.7 Å². The number of hydrogen-bond acceptors (Lipinski definition) is 3. The third kappa shape index (κ3) is 11.4. The van der Waals surface area contributed by atoms with Crippen LogP contribution in [0.3, 0.4) is 0 Å². The van der Waals surface area contributed by atoms with Crippen LogP contribution in [0.1, 0.15) is 32.1 Å². The van der Waals surface area contributed by atoms with E-state index < -0.39 is 0 Å². The largest absolute Gasteiger partial charge is 0.400 e. The Morgan fingerprint density at radius 2 is 1.69 bits per heavy atom. The highest BCUT2D eigenvalue weighted by molar-refractivity contribution is 5.42. The number of aliphatic hydroxyl groups is 2. The minimum atomic E-state index is 0.250. The van der Waals surface area contributed by atoms with Gasteiger partial charge in [0.15, 0.2) is 0 Å². The fraction of sp³-hybridized carbons (Fsp3) is 0.889. The Hall–Kier alpha value is -0.610. The van der Waals surface area contributed by atoms with Gasteiger partial charge >= 0.3 is 0 Å². The molecule has 0 radical (unpaired) electrons.